The molecule has 0 heterocycles. The van der Waals surface area contributed by atoms with Gasteiger partial charge in [-0.25, -0.2) is 0 Å². The Morgan fingerprint density at radius 3 is 1.64 bits per heavy atom. The van der Waals surface area contributed by atoms with Crippen molar-refractivity contribution in [3.05, 3.63) is 81.4 Å². The van der Waals surface area contributed by atoms with Crippen LogP contribution in [-0.4, -0.2) is 10.2 Å². The maximum atomic E-state index is 10.7. The second-order valence-corrected chi connectivity index (χ2v) is 6.90. The summed E-state index contributed by atoms with van der Waals surface area (Å²) in [7, 11) is 0. The van der Waals surface area contributed by atoms with Crippen LogP contribution in [-0.2, 0) is 0 Å². The van der Waals surface area contributed by atoms with E-state index in [1.54, 1.807) is 12.1 Å². The minimum absolute atomic E-state index is 0.197. The summed E-state index contributed by atoms with van der Waals surface area (Å²) in [4.78, 5) is 0. The summed E-state index contributed by atoms with van der Waals surface area (Å²) >= 11 is 0. The molecule has 0 spiro atoms. The topological polar surface area (TPSA) is 40.5 Å². The molecule has 0 atom stereocenters. The Bertz CT molecular complexity index is 738. The molecule has 2 aromatic rings. The fourth-order valence-corrected chi connectivity index (χ4v) is 3.61. The third kappa shape index (κ3) is 3.96. The van der Waals surface area contributed by atoms with Gasteiger partial charge in [-0.05, 0) is 75.9 Å². The summed E-state index contributed by atoms with van der Waals surface area (Å²) in [5.74, 6) is 0.350. The summed E-state index contributed by atoms with van der Waals surface area (Å²) in [5, 5.41) is 21.4. The number of rotatable bonds is 4. The molecule has 0 aliphatic carbocycles. The number of hydrogen-bond donors (Lipinski definition) is 2. The largest absolute Gasteiger partial charge is 0.508 e. The molecule has 0 amide bonds. The van der Waals surface area contributed by atoms with Crippen LogP contribution in [0.25, 0.3) is 0 Å². The van der Waals surface area contributed by atoms with Crippen molar-refractivity contribution in [3.8, 4) is 11.5 Å². The average Bonchev–Trinajstić information content (AvgIpc) is 2.49. The van der Waals surface area contributed by atoms with Gasteiger partial charge in [0.15, 0.2) is 0 Å². The van der Waals surface area contributed by atoms with E-state index in [0.717, 1.165) is 39.0 Å². The first-order valence-electron chi connectivity index (χ1n) is 8.66. The molecule has 0 saturated carbocycles. The molecule has 132 valence electrons. The highest BCUT2D eigenvalue weighted by atomic mass is 16.3. The first kappa shape index (κ1) is 18.9. The lowest BCUT2D eigenvalue weighted by Crippen LogP contribution is -2.08. The van der Waals surface area contributed by atoms with Crippen LogP contribution in [0.1, 0.15) is 53.1 Å². The van der Waals surface area contributed by atoms with Gasteiger partial charge in [0, 0.05) is 17.0 Å². The normalized spacial score (nSPS) is 12.4. The summed E-state index contributed by atoms with van der Waals surface area (Å²) in [6.45, 7) is 12.0. The molecular formula is C23H28O2. The van der Waals surface area contributed by atoms with Gasteiger partial charge in [-0.2, -0.15) is 0 Å². The SMILES string of the molecule is C/C=C\C=C(/C)C(c1c(C)cc(C)cc1O)c1c(C)cc(C)cc1O. The molecule has 0 unspecified atom stereocenters. The Kier molecular flexibility index (Phi) is 5.73. The Morgan fingerprint density at radius 1 is 0.840 bits per heavy atom. The first-order chi connectivity index (χ1) is 11.8. The molecule has 0 radical (unpaired) electrons. The van der Waals surface area contributed by atoms with Crippen LogP contribution in [0.3, 0.4) is 0 Å². The van der Waals surface area contributed by atoms with Gasteiger partial charge in [0.25, 0.3) is 0 Å². The Labute approximate surface area is 151 Å². The smallest absolute Gasteiger partial charge is 0.120 e. The van der Waals surface area contributed by atoms with Crippen LogP contribution < -0.4 is 0 Å². The monoisotopic (exact) mass is 336 g/mol. The van der Waals surface area contributed by atoms with E-state index in [9.17, 15) is 10.2 Å². The molecule has 25 heavy (non-hydrogen) atoms. The number of phenolic OH excluding ortho intramolecular Hbond substituents is 2. The molecule has 0 aliphatic heterocycles. The number of aromatic hydroxyl groups is 2. The molecule has 2 heteroatoms. The highest BCUT2D eigenvalue weighted by molar-refractivity contribution is 5.58. The fraction of sp³-hybridized carbons (Fsp3) is 0.304. The molecule has 2 aromatic carbocycles. The predicted molar refractivity (Wildman–Crippen MR) is 106 cm³/mol. The van der Waals surface area contributed by atoms with Crippen molar-refractivity contribution < 1.29 is 10.2 Å². The zero-order chi connectivity index (χ0) is 18.7. The zero-order valence-electron chi connectivity index (χ0n) is 16.0. The second-order valence-electron chi connectivity index (χ2n) is 6.90. The van der Waals surface area contributed by atoms with E-state index in [1.807, 2.05) is 59.8 Å². The van der Waals surface area contributed by atoms with E-state index in [0.29, 0.717) is 0 Å². The van der Waals surface area contributed by atoms with Gasteiger partial charge in [0.2, 0.25) is 0 Å². The lowest BCUT2D eigenvalue weighted by molar-refractivity contribution is 0.456. The molecule has 0 saturated heterocycles. The summed E-state index contributed by atoms with van der Waals surface area (Å²) in [6, 6.07) is 7.73. The quantitative estimate of drug-likeness (QED) is 0.674. The molecule has 0 aromatic heterocycles. The van der Waals surface area contributed by atoms with Crippen molar-refractivity contribution in [1.82, 2.24) is 0 Å². The van der Waals surface area contributed by atoms with Crippen LogP contribution in [0.2, 0.25) is 0 Å². The number of hydrogen-bond acceptors (Lipinski definition) is 2. The van der Waals surface area contributed by atoms with E-state index in [2.05, 4.69) is 12.1 Å². The molecule has 2 nitrogen and oxygen atoms in total. The van der Waals surface area contributed by atoms with Crippen molar-refractivity contribution >= 4 is 0 Å². The van der Waals surface area contributed by atoms with E-state index in [1.165, 1.54) is 0 Å². The number of aryl methyl sites for hydroxylation is 4. The summed E-state index contributed by atoms with van der Waals surface area (Å²) in [5.41, 5.74) is 6.87. The number of phenols is 2. The van der Waals surface area contributed by atoms with Crippen LogP contribution in [0.15, 0.2) is 48.1 Å². The van der Waals surface area contributed by atoms with Gasteiger partial charge < -0.3 is 10.2 Å². The molecule has 2 N–H and O–H groups in total. The van der Waals surface area contributed by atoms with Crippen molar-refractivity contribution in [2.24, 2.45) is 0 Å². The Hall–Kier alpha value is -2.48. The van der Waals surface area contributed by atoms with Crippen LogP contribution >= 0.6 is 0 Å². The minimum atomic E-state index is -0.197. The summed E-state index contributed by atoms with van der Waals surface area (Å²) < 4.78 is 0. The van der Waals surface area contributed by atoms with Crippen molar-refractivity contribution in [2.45, 2.75) is 47.5 Å². The molecule has 0 bridgehead atoms. The van der Waals surface area contributed by atoms with Crippen LogP contribution in [0.4, 0.5) is 0 Å². The van der Waals surface area contributed by atoms with E-state index in [4.69, 9.17) is 0 Å². The van der Waals surface area contributed by atoms with Crippen LogP contribution in [0.5, 0.6) is 11.5 Å². The van der Waals surface area contributed by atoms with Gasteiger partial charge in [-0.3, -0.25) is 0 Å². The van der Waals surface area contributed by atoms with Crippen molar-refractivity contribution in [2.75, 3.05) is 0 Å². The predicted octanol–water partition coefficient (Wildman–Crippen LogP) is 5.99. The highest BCUT2D eigenvalue weighted by Gasteiger charge is 2.26. The van der Waals surface area contributed by atoms with Gasteiger partial charge >= 0.3 is 0 Å². The Morgan fingerprint density at radius 2 is 1.28 bits per heavy atom. The van der Waals surface area contributed by atoms with Gasteiger partial charge in [-0.1, -0.05) is 35.9 Å². The van der Waals surface area contributed by atoms with Gasteiger partial charge in [0.05, 0.1) is 0 Å². The first-order valence-corrected chi connectivity index (χ1v) is 8.66. The minimum Gasteiger partial charge on any atom is -0.508 e. The zero-order valence-corrected chi connectivity index (χ0v) is 16.0. The third-order valence-electron chi connectivity index (χ3n) is 4.60. The highest BCUT2D eigenvalue weighted by Crippen LogP contribution is 2.44. The third-order valence-corrected chi connectivity index (χ3v) is 4.60. The van der Waals surface area contributed by atoms with Crippen molar-refractivity contribution in [1.29, 1.82) is 0 Å². The molecule has 0 fully saturated rings. The standard InChI is InChI=1S/C23H28O2/c1-7-8-9-16(4)23(21-17(5)10-14(2)12-19(21)24)22-18(6)11-15(3)13-20(22)25/h7-13,23-25H,1-6H3/b8-7-,16-9+. The molecular weight excluding hydrogens is 308 g/mol. The molecule has 0 aliphatic rings. The maximum Gasteiger partial charge on any atom is 0.120 e. The van der Waals surface area contributed by atoms with Crippen molar-refractivity contribution in [3.63, 3.8) is 0 Å². The van der Waals surface area contributed by atoms with E-state index < -0.39 is 0 Å². The van der Waals surface area contributed by atoms with Gasteiger partial charge in [-0.15, -0.1) is 0 Å². The Balaban J connectivity index is 2.81. The van der Waals surface area contributed by atoms with E-state index >= 15 is 0 Å². The average molecular weight is 336 g/mol. The number of allylic oxidation sites excluding steroid dienone is 4. The van der Waals surface area contributed by atoms with Crippen LogP contribution in [0, 0.1) is 27.7 Å². The lowest BCUT2D eigenvalue weighted by atomic mass is 9.79. The lowest BCUT2D eigenvalue weighted by Gasteiger charge is -2.25. The molecule has 2 rings (SSSR count). The van der Waals surface area contributed by atoms with Gasteiger partial charge in [0.1, 0.15) is 11.5 Å². The number of benzene rings is 2. The second kappa shape index (κ2) is 7.60. The maximum absolute atomic E-state index is 10.7. The summed E-state index contributed by atoms with van der Waals surface area (Å²) in [6.07, 6.45) is 6.01. The fourth-order valence-electron chi connectivity index (χ4n) is 3.61. The van der Waals surface area contributed by atoms with E-state index in [-0.39, 0.29) is 17.4 Å².